The molecule has 0 saturated carbocycles. The quantitative estimate of drug-likeness (QED) is 0.267. The fourth-order valence-corrected chi connectivity index (χ4v) is 8.60. The van der Waals surface area contributed by atoms with Crippen LogP contribution in [0, 0.1) is 0 Å². The van der Waals surface area contributed by atoms with Crippen LogP contribution in [0.4, 0.5) is 11.5 Å². The average Bonchev–Trinajstić information content (AvgIpc) is 3.62. The van der Waals surface area contributed by atoms with Crippen LogP contribution in [0.2, 0.25) is 0 Å². The van der Waals surface area contributed by atoms with Gasteiger partial charge in [-0.15, -0.1) is 22.7 Å². The van der Waals surface area contributed by atoms with Crippen molar-refractivity contribution in [2.75, 3.05) is 9.03 Å². The molecule has 1 amide bonds. The number of aromatic nitrogens is 3. The van der Waals surface area contributed by atoms with Gasteiger partial charge in [-0.1, -0.05) is 12.1 Å². The second-order valence-corrected chi connectivity index (χ2v) is 14.1. The topological polar surface area (TPSA) is 139 Å². The van der Waals surface area contributed by atoms with Gasteiger partial charge in [0.2, 0.25) is 5.91 Å². The van der Waals surface area contributed by atoms with Gasteiger partial charge in [0.1, 0.15) is 14.2 Å². The fraction of sp³-hybridized carbons (Fsp3) is 0.0400. The molecule has 5 aromatic rings. The van der Waals surface area contributed by atoms with Crippen LogP contribution in [0.3, 0.4) is 0 Å². The zero-order valence-corrected chi connectivity index (χ0v) is 23.4. The summed E-state index contributed by atoms with van der Waals surface area (Å²) in [6.45, 7) is 1.11. The molecule has 0 unspecified atom stereocenters. The summed E-state index contributed by atoms with van der Waals surface area (Å²) in [4.78, 5) is 26.3. The Morgan fingerprint density at radius 2 is 1.33 bits per heavy atom. The second-order valence-electron chi connectivity index (χ2n) is 7.97. The molecule has 14 heteroatoms. The molecule has 5 aromatic heterocycles. The Morgan fingerprint density at radius 3 is 1.85 bits per heavy atom. The van der Waals surface area contributed by atoms with E-state index in [-0.39, 0.29) is 19.9 Å². The molecule has 0 bridgehead atoms. The molecule has 39 heavy (non-hydrogen) atoms. The molecule has 10 nitrogen and oxygen atoms in total. The standard InChI is InChI=1S/C25H19N5O5S4/c1-17(31)30(39(34,35)25-13-10-22(37-25)20-7-3-5-15-27-20)23-11-8-18(16-28-23)29-38(32,33)24-12-9-21(36-24)19-6-2-4-14-26-19/h2-16,29H,1H3. The lowest BCUT2D eigenvalue weighted by molar-refractivity contribution is -0.115. The molecular weight excluding hydrogens is 579 g/mol. The Morgan fingerprint density at radius 1 is 0.744 bits per heavy atom. The number of rotatable bonds is 8. The lowest BCUT2D eigenvalue weighted by Gasteiger charge is -2.19. The van der Waals surface area contributed by atoms with Crippen molar-refractivity contribution in [2.24, 2.45) is 0 Å². The minimum absolute atomic E-state index is 0.0636. The van der Waals surface area contributed by atoms with Gasteiger partial charge in [-0.3, -0.25) is 19.5 Å². The van der Waals surface area contributed by atoms with E-state index in [1.807, 2.05) is 6.07 Å². The summed E-state index contributed by atoms with van der Waals surface area (Å²) in [7, 11) is -8.23. The average molecular weight is 598 g/mol. The highest BCUT2D eigenvalue weighted by Crippen LogP contribution is 2.34. The van der Waals surface area contributed by atoms with Crippen molar-refractivity contribution < 1.29 is 21.6 Å². The van der Waals surface area contributed by atoms with Crippen molar-refractivity contribution in [3.05, 3.63) is 91.4 Å². The maximum Gasteiger partial charge on any atom is 0.281 e. The molecule has 5 heterocycles. The number of nitrogens with one attached hydrogen (secondary N) is 1. The largest absolute Gasteiger partial charge is 0.281 e. The van der Waals surface area contributed by atoms with Crippen molar-refractivity contribution in [3.8, 4) is 21.1 Å². The first kappa shape index (κ1) is 26.6. The summed E-state index contributed by atoms with van der Waals surface area (Å²) in [6, 6.07) is 19.4. The van der Waals surface area contributed by atoms with Gasteiger partial charge in [-0.25, -0.2) is 13.4 Å². The third-order valence-electron chi connectivity index (χ3n) is 5.25. The third-order valence-corrected chi connectivity index (χ3v) is 11.6. The molecular formula is C25H19N5O5S4. The summed E-state index contributed by atoms with van der Waals surface area (Å²) in [5.41, 5.74) is 1.35. The van der Waals surface area contributed by atoms with Gasteiger partial charge in [0.15, 0.2) is 0 Å². The molecule has 0 atom stereocenters. The highest BCUT2D eigenvalue weighted by atomic mass is 32.3. The van der Waals surface area contributed by atoms with E-state index < -0.39 is 26.0 Å². The Labute approximate surface area is 232 Å². The lowest BCUT2D eigenvalue weighted by atomic mass is 10.3. The number of pyridine rings is 3. The zero-order valence-electron chi connectivity index (χ0n) is 20.1. The molecule has 1 N–H and O–H groups in total. The van der Waals surface area contributed by atoms with E-state index in [2.05, 4.69) is 19.7 Å². The minimum atomic E-state index is -4.29. The van der Waals surface area contributed by atoms with Crippen LogP contribution in [0.5, 0.6) is 0 Å². The van der Waals surface area contributed by atoms with Crippen LogP contribution < -0.4 is 9.03 Å². The first-order chi connectivity index (χ1) is 18.6. The highest BCUT2D eigenvalue weighted by molar-refractivity contribution is 7.95. The second kappa shape index (κ2) is 10.6. The van der Waals surface area contributed by atoms with Crippen molar-refractivity contribution in [2.45, 2.75) is 15.3 Å². The Bertz CT molecular complexity index is 1840. The molecule has 0 aliphatic rings. The van der Waals surface area contributed by atoms with Gasteiger partial charge in [0.25, 0.3) is 20.0 Å². The van der Waals surface area contributed by atoms with Crippen LogP contribution in [0.1, 0.15) is 6.92 Å². The summed E-state index contributed by atoms with van der Waals surface area (Å²) in [5, 5.41) is 0. The van der Waals surface area contributed by atoms with Gasteiger partial charge in [0.05, 0.1) is 33.0 Å². The monoisotopic (exact) mass is 597 g/mol. The van der Waals surface area contributed by atoms with E-state index in [9.17, 15) is 21.6 Å². The molecule has 0 aliphatic heterocycles. The van der Waals surface area contributed by atoms with E-state index in [4.69, 9.17) is 0 Å². The molecule has 0 saturated heterocycles. The number of thiophene rings is 2. The van der Waals surface area contributed by atoms with Crippen molar-refractivity contribution in [3.63, 3.8) is 0 Å². The normalized spacial score (nSPS) is 11.7. The molecule has 0 spiro atoms. The molecule has 0 aromatic carbocycles. The van der Waals surface area contributed by atoms with E-state index in [0.717, 1.165) is 35.8 Å². The number of carbonyl (C=O) groups excluding carboxylic acids is 1. The van der Waals surface area contributed by atoms with Crippen LogP contribution in [0.15, 0.2) is 99.8 Å². The van der Waals surface area contributed by atoms with Crippen LogP contribution in [-0.2, 0) is 24.8 Å². The molecule has 198 valence electrons. The Hall–Kier alpha value is -3.98. The van der Waals surface area contributed by atoms with Gasteiger partial charge >= 0.3 is 0 Å². The number of nitrogens with zero attached hydrogens (tertiary/aromatic N) is 4. The molecule has 0 fully saturated rings. The molecule has 5 rings (SSSR count). The number of hydrogen-bond acceptors (Lipinski definition) is 10. The van der Waals surface area contributed by atoms with E-state index in [0.29, 0.717) is 25.4 Å². The number of carbonyl (C=O) groups is 1. The highest BCUT2D eigenvalue weighted by Gasteiger charge is 2.31. The smallest absolute Gasteiger partial charge is 0.277 e. The number of hydrogen-bond donors (Lipinski definition) is 1. The van der Waals surface area contributed by atoms with Gasteiger partial charge in [-0.05, 0) is 60.7 Å². The Balaban J connectivity index is 1.37. The van der Waals surface area contributed by atoms with Crippen LogP contribution >= 0.6 is 22.7 Å². The van der Waals surface area contributed by atoms with Crippen molar-refractivity contribution in [1.29, 1.82) is 0 Å². The SMILES string of the molecule is CC(=O)N(c1ccc(NS(=O)(=O)c2ccc(-c3ccccn3)s2)cn1)S(=O)(=O)c1ccc(-c2ccccn2)s1. The first-order valence-corrected chi connectivity index (χ1v) is 15.8. The van der Waals surface area contributed by atoms with Gasteiger partial charge in [0, 0.05) is 19.3 Å². The van der Waals surface area contributed by atoms with Crippen LogP contribution in [0.25, 0.3) is 21.1 Å². The molecule has 0 radical (unpaired) electrons. The summed E-state index contributed by atoms with van der Waals surface area (Å²) >= 11 is 2.03. The molecule has 0 aliphatic carbocycles. The van der Waals surface area contributed by atoms with E-state index in [1.165, 1.54) is 24.3 Å². The van der Waals surface area contributed by atoms with Crippen molar-refractivity contribution >= 4 is 60.1 Å². The Kier molecular flexibility index (Phi) is 7.27. The summed E-state index contributed by atoms with van der Waals surface area (Å²) < 4.78 is 55.6. The first-order valence-electron chi connectivity index (χ1n) is 11.2. The van der Waals surface area contributed by atoms with Crippen molar-refractivity contribution in [1.82, 2.24) is 15.0 Å². The maximum atomic E-state index is 13.4. The van der Waals surface area contributed by atoms with Gasteiger partial charge < -0.3 is 0 Å². The number of amides is 1. The number of sulfonamides is 2. The third kappa shape index (κ3) is 5.59. The van der Waals surface area contributed by atoms with E-state index >= 15 is 0 Å². The zero-order chi connectivity index (χ0) is 27.6. The summed E-state index contributed by atoms with van der Waals surface area (Å²) in [5.74, 6) is -0.948. The predicted octanol–water partition coefficient (Wildman–Crippen LogP) is 4.87. The van der Waals surface area contributed by atoms with E-state index in [1.54, 1.807) is 54.9 Å². The fourth-order valence-electron chi connectivity index (χ4n) is 3.53. The van der Waals surface area contributed by atoms with Gasteiger partial charge in [-0.2, -0.15) is 12.7 Å². The summed E-state index contributed by atoms with van der Waals surface area (Å²) in [6.07, 6.45) is 4.37. The number of anilines is 2. The lowest BCUT2D eigenvalue weighted by Crippen LogP contribution is -2.35. The van der Waals surface area contributed by atoms with Crippen LogP contribution in [-0.4, -0.2) is 37.7 Å². The minimum Gasteiger partial charge on any atom is -0.277 e. The maximum absolute atomic E-state index is 13.4. The predicted molar refractivity (Wildman–Crippen MR) is 150 cm³/mol.